The molecule has 4 fully saturated rings. The van der Waals surface area contributed by atoms with Crippen molar-refractivity contribution in [1.82, 2.24) is 0 Å². The quantitative estimate of drug-likeness (QED) is 0.146. The molecule has 4 saturated heterocycles. The van der Waals surface area contributed by atoms with Crippen LogP contribution in [0.25, 0.3) is 0 Å². The number of hydrogen-bond donors (Lipinski definition) is 0. The van der Waals surface area contributed by atoms with Crippen LogP contribution in [0, 0.1) is 0 Å². The minimum Gasteiger partial charge on any atom is -0.344 e. The summed E-state index contributed by atoms with van der Waals surface area (Å²) in [5.41, 5.74) is 7.46. The molecule has 4 nitrogen and oxygen atoms in total. The van der Waals surface area contributed by atoms with Gasteiger partial charge in [-0.3, -0.25) is 0 Å². The topological polar surface area (TPSA) is 36.9 Å². The molecule has 0 saturated carbocycles. The molecule has 4 aromatic rings. The van der Waals surface area contributed by atoms with Crippen LogP contribution < -0.4 is 0 Å². The van der Waals surface area contributed by atoms with Gasteiger partial charge in [0.05, 0.1) is 24.4 Å². The van der Waals surface area contributed by atoms with E-state index in [9.17, 15) is 0 Å². The fraction of sp³-hybridized carbons (Fsp3) is 0.455. The highest BCUT2D eigenvalue weighted by Gasteiger charge is 2.60. The van der Waals surface area contributed by atoms with Crippen LogP contribution in [0.3, 0.4) is 0 Å². The molecule has 0 N–H and O–H groups in total. The molecule has 4 aromatic carbocycles. The highest BCUT2D eigenvalue weighted by Crippen LogP contribution is 2.67. The molecule has 10 atom stereocenters. The van der Waals surface area contributed by atoms with Gasteiger partial charge in [0, 0.05) is 22.6 Å². The van der Waals surface area contributed by atoms with Crippen molar-refractivity contribution in [2.24, 2.45) is 0 Å². The SMILES string of the molecule is CC1(C)OC2[C@@H](O1)[C@H](Cc1ccccc1)P(CCP1[C@@H](Cc3ccccc3)C3OC(C)(C)O[C@H]3[C@@H]1Cc1ccccc1)[C@H]2Cc1ccccc1. The van der Waals surface area contributed by atoms with Crippen molar-refractivity contribution in [3.8, 4) is 0 Å². The van der Waals surface area contributed by atoms with Crippen LogP contribution >= 0.6 is 15.8 Å². The summed E-state index contributed by atoms with van der Waals surface area (Å²) in [6, 6.07) is 44.4. The number of ether oxygens (including phenoxy) is 4. The van der Waals surface area contributed by atoms with Crippen LogP contribution in [-0.4, -0.2) is 70.9 Å². The Labute approximate surface area is 301 Å². The fourth-order valence-corrected chi connectivity index (χ4v) is 17.7. The first-order valence-corrected chi connectivity index (χ1v) is 21.9. The predicted octanol–water partition coefficient (Wildman–Crippen LogP) is 9.46. The molecule has 50 heavy (non-hydrogen) atoms. The molecule has 262 valence electrons. The minimum atomic E-state index is -0.559. The van der Waals surface area contributed by atoms with Gasteiger partial charge in [-0.2, -0.15) is 0 Å². The van der Waals surface area contributed by atoms with Crippen molar-refractivity contribution in [1.29, 1.82) is 0 Å². The zero-order valence-electron chi connectivity index (χ0n) is 29.9. The first-order chi connectivity index (χ1) is 24.2. The summed E-state index contributed by atoms with van der Waals surface area (Å²) in [5, 5.41) is 0. The Bertz CT molecular complexity index is 1440. The summed E-state index contributed by atoms with van der Waals surface area (Å²) < 4.78 is 27.5. The summed E-state index contributed by atoms with van der Waals surface area (Å²) >= 11 is 0. The molecule has 0 aliphatic carbocycles. The van der Waals surface area contributed by atoms with Crippen LogP contribution in [0.2, 0.25) is 0 Å². The third-order valence-corrected chi connectivity index (χ3v) is 18.5. The third kappa shape index (κ3) is 7.41. The second-order valence-electron chi connectivity index (χ2n) is 15.6. The van der Waals surface area contributed by atoms with E-state index in [1.165, 1.54) is 34.6 Å². The summed E-state index contributed by atoms with van der Waals surface area (Å²) in [5.74, 6) is -1.12. The van der Waals surface area contributed by atoms with Gasteiger partial charge < -0.3 is 18.9 Å². The monoisotopic (exact) mass is 706 g/mol. The Morgan fingerprint density at radius 2 is 0.600 bits per heavy atom. The molecule has 4 aliphatic heterocycles. The second-order valence-corrected chi connectivity index (χ2v) is 21.2. The fourth-order valence-electron chi connectivity index (χ4n) is 9.32. The van der Waals surface area contributed by atoms with Gasteiger partial charge in [0.2, 0.25) is 0 Å². The highest BCUT2D eigenvalue weighted by atomic mass is 31.1. The normalized spacial score (nSPS) is 33.7. The maximum absolute atomic E-state index is 6.87. The largest absolute Gasteiger partial charge is 0.344 e. The Hall–Kier alpha value is -2.42. The Balaban J connectivity index is 1.14. The van der Waals surface area contributed by atoms with Crippen molar-refractivity contribution in [3.05, 3.63) is 144 Å². The lowest BCUT2D eigenvalue weighted by Gasteiger charge is -2.35. The second kappa shape index (κ2) is 14.5. The van der Waals surface area contributed by atoms with E-state index in [2.05, 4.69) is 149 Å². The van der Waals surface area contributed by atoms with Gasteiger partial charge in [0.1, 0.15) is 0 Å². The van der Waals surface area contributed by atoms with E-state index < -0.39 is 27.4 Å². The van der Waals surface area contributed by atoms with E-state index in [4.69, 9.17) is 18.9 Å². The zero-order chi connectivity index (χ0) is 34.3. The van der Waals surface area contributed by atoms with E-state index in [0.29, 0.717) is 22.6 Å². The Kier molecular flexibility index (Phi) is 10.1. The lowest BCUT2D eigenvalue weighted by molar-refractivity contribution is -0.148. The lowest BCUT2D eigenvalue weighted by atomic mass is 9.99. The van der Waals surface area contributed by atoms with E-state index in [1.54, 1.807) is 0 Å². The molecule has 0 bridgehead atoms. The van der Waals surface area contributed by atoms with Gasteiger partial charge in [0.25, 0.3) is 0 Å². The van der Waals surface area contributed by atoms with Crippen molar-refractivity contribution < 1.29 is 18.9 Å². The Morgan fingerprint density at radius 1 is 0.380 bits per heavy atom. The standard InChI is InChI=1S/C44H52O4P2/c1-43(2)45-39-35(27-31-17-9-5-10-18-31)49(36(40(39)46-43)28-32-19-11-6-12-20-32)25-26-50-37(29-33-21-13-7-14-22-33)41-42(48-44(3,4)47-41)38(50)30-34-23-15-8-16-24-34/h5-24,35-42H,25-30H2,1-4H3/t35-,36-,37-,38-,39-,40?,41-,42?,49?,50?/m0/s1. The highest BCUT2D eigenvalue weighted by molar-refractivity contribution is 7.63. The van der Waals surface area contributed by atoms with Crippen molar-refractivity contribution in [3.63, 3.8) is 0 Å². The van der Waals surface area contributed by atoms with Crippen LogP contribution in [0.4, 0.5) is 0 Å². The third-order valence-electron chi connectivity index (χ3n) is 11.3. The van der Waals surface area contributed by atoms with Crippen LogP contribution in [0.5, 0.6) is 0 Å². The molecule has 0 spiro atoms. The first-order valence-electron chi connectivity index (χ1n) is 18.6. The van der Waals surface area contributed by atoms with Crippen LogP contribution in [-0.2, 0) is 44.6 Å². The number of benzene rings is 4. The smallest absolute Gasteiger partial charge is 0.163 e. The predicted molar refractivity (Wildman–Crippen MR) is 207 cm³/mol. The summed E-state index contributed by atoms with van der Waals surface area (Å²) in [7, 11) is -0.832. The van der Waals surface area contributed by atoms with Gasteiger partial charge in [-0.05, 0) is 88.0 Å². The summed E-state index contributed by atoms with van der Waals surface area (Å²) in [6.45, 7) is 8.43. The van der Waals surface area contributed by atoms with E-state index in [-0.39, 0.29) is 24.4 Å². The maximum Gasteiger partial charge on any atom is 0.163 e. The van der Waals surface area contributed by atoms with Gasteiger partial charge in [-0.15, -0.1) is 0 Å². The molecule has 0 aromatic heterocycles. The molecule has 4 unspecified atom stereocenters. The van der Waals surface area contributed by atoms with Gasteiger partial charge in [0.15, 0.2) is 11.6 Å². The molecule has 8 rings (SSSR count). The average molecular weight is 707 g/mol. The molecular weight excluding hydrogens is 654 g/mol. The van der Waals surface area contributed by atoms with Crippen LogP contribution in [0.1, 0.15) is 49.9 Å². The number of rotatable bonds is 11. The number of fused-ring (bicyclic) bond motifs is 2. The Morgan fingerprint density at radius 3 is 0.820 bits per heavy atom. The van der Waals surface area contributed by atoms with Crippen molar-refractivity contribution in [2.45, 2.75) is 112 Å². The molecule has 0 amide bonds. The van der Waals surface area contributed by atoms with Crippen molar-refractivity contribution >= 4 is 15.8 Å². The number of hydrogen-bond acceptors (Lipinski definition) is 4. The van der Waals surface area contributed by atoms with E-state index >= 15 is 0 Å². The van der Waals surface area contributed by atoms with Gasteiger partial charge in [-0.25, -0.2) is 0 Å². The lowest BCUT2D eigenvalue weighted by Crippen LogP contribution is -2.31. The molecule has 0 radical (unpaired) electrons. The van der Waals surface area contributed by atoms with Gasteiger partial charge >= 0.3 is 0 Å². The maximum atomic E-state index is 6.87. The van der Waals surface area contributed by atoms with Gasteiger partial charge in [-0.1, -0.05) is 137 Å². The summed E-state index contributed by atoms with van der Waals surface area (Å²) in [6.07, 6.45) is 7.12. The zero-order valence-corrected chi connectivity index (χ0v) is 31.7. The molecular formula is C44H52O4P2. The van der Waals surface area contributed by atoms with Crippen molar-refractivity contribution in [2.75, 3.05) is 12.3 Å². The molecule has 4 heterocycles. The molecule has 6 heteroatoms. The molecule has 4 aliphatic rings. The van der Waals surface area contributed by atoms with E-state index in [1.807, 2.05) is 0 Å². The van der Waals surface area contributed by atoms with Crippen LogP contribution in [0.15, 0.2) is 121 Å². The average Bonchev–Trinajstić information content (AvgIpc) is 3.77. The minimum absolute atomic E-state index is 0.119. The van der Waals surface area contributed by atoms with E-state index in [0.717, 1.165) is 25.7 Å². The first kappa shape index (κ1) is 34.7. The summed E-state index contributed by atoms with van der Waals surface area (Å²) in [4.78, 5) is 0.